The van der Waals surface area contributed by atoms with E-state index in [-0.39, 0.29) is 17.9 Å². The molecule has 0 unspecified atom stereocenters. The van der Waals surface area contributed by atoms with Gasteiger partial charge < -0.3 is 14.8 Å². The highest BCUT2D eigenvalue weighted by atomic mass is 16.6. The Bertz CT molecular complexity index is 329. The molecule has 7 nitrogen and oxygen atoms in total. The SMILES string of the molecule is CCC(CC)O[C@H](C=O)[C@@H](C[N+](=O)[O-])NC(=O)C(C)C. The normalized spacial score (nSPS) is 14.1. The van der Waals surface area contributed by atoms with Crippen LogP contribution in [0.1, 0.15) is 40.5 Å². The monoisotopic (exact) mass is 288 g/mol. The van der Waals surface area contributed by atoms with Gasteiger partial charge in [0.25, 0.3) is 0 Å². The van der Waals surface area contributed by atoms with Crippen LogP contribution in [-0.4, -0.2) is 41.9 Å². The van der Waals surface area contributed by atoms with E-state index < -0.39 is 23.6 Å². The van der Waals surface area contributed by atoms with Crippen LogP contribution >= 0.6 is 0 Å². The van der Waals surface area contributed by atoms with Gasteiger partial charge in [-0.05, 0) is 12.8 Å². The van der Waals surface area contributed by atoms with Crippen molar-refractivity contribution >= 4 is 12.2 Å². The number of rotatable bonds is 10. The summed E-state index contributed by atoms with van der Waals surface area (Å²) in [5, 5.41) is 13.2. The Morgan fingerprint density at radius 3 is 2.25 bits per heavy atom. The van der Waals surface area contributed by atoms with E-state index in [1.54, 1.807) is 13.8 Å². The van der Waals surface area contributed by atoms with Crippen LogP contribution in [0.5, 0.6) is 0 Å². The number of nitrogens with one attached hydrogen (secondary N) is 1. The molecule has 20 heavy (non-hydrogen) atoms. The maximum Gasteiger partial charge on any atom is 0.226 e. The maximum absolute atomic E-state index is 11.7. The molecule has 0 aromatic carbocycles. The number of ether oxygens (including phenoxy) is 1. The highest BCUT2D eigenvalue weighted by Crippen LogP contribution is 2.09. The Labute approximate surface area is 119 Å². The van der Waals surface area contributed by atoms with Gasteiger partial charge in [-0.1, -0.05) is 27.7 Å². The first-order chi connectivity index (χ1) is 9.35. The number of carbonyl (C=O) groups excluding carboxylic acids is 2. The summed E-state index contributed by atoms with van der Waals surface area (Å²) in [6.07, 6.45) is 0.755. The van der Waals surface area contributed by atoms with Gasteiger partial charge in [-0.2, -0.15) is 0 Å². The molecule has 116 valence electrons. The molecule has 0 aliphatic rings. The molecule has 0 radical (unpaired) electrons. The lowest BCUT2D eigenvalue weighted by molar-refractivity contribution is -0.485. The third-order valence-corrected chi connectivity index (χ3v) is 2.99. The van der Waals surface area contributed by atoms with Gasteiger partial charge >= 0.3 is 0 Å². The van der Waals surface area contributed by atoms with Crippen LogP contribution in [0, 0.1) is 16.0 Å². The average molecular weight is 288 g/mol. The molecule has 0 saturated heterocycles. The van der Waals surface area contributed by atoms with Gasteiger partial charge in [0.2, 0.25) is 12.5 Å². The van der Waals surface area contributed by atoms with E-state index in [4.69, 9.17) is 4.74 Å². The van der Waals surface area contributed by atoms with E-state index in [1.165, 1.54) is 0 Å². The molecule has 0 heterocycles. The highest BCUT2D eigenvalue weighted by molar-refractivity contribution is 5.78. The van der Waals surface area contributed by atoms with E-state index in [0.717, 1.165) is 0 Å². The Kier molecular flexibility index (Phi) is 8.71. The van der Waals surface area contributed by atoms with Gasteiger partial charge in [0, 0.05) is 10.8 Å². The summed E-state index contributed by atoms with van der Waals surface area (Å²) in [4.78, 5) is 33.0. The zero-order valence-corrected chi connectivity index (χ0v) is 12.5. The number of hydrogen-bond donors (Lipinski definition) is 1. The molecule has 0 saturated carbocycles. The Morgan fingerprint density at radius 1 is 1.35 bits per heavy atom. The minimum atomic E-state index is -1.01. The molecular weight excluding hydrogens is 264 g/mol. The fraction of sp³-hybridized carbons (Fsp3) is 0.846. The topological polar surface area (TPSA) is 98.5 Å². The summed E-state index contributed by atoms with van der Waals surface area (Å²) >= 11 is 0. The van der Waals surface area contributed by atoms with E-state index in [2.05, 4.69) is 5.32 Å². The zero-order chi connectivity index (χ0) is 15.7. The van der Waals surface area contributed by atoms with E-state index in [0.29, 0.717) is 19.1 Å². The van der Waals surface area contributed by atoms with E-state index in [9.17, 15) is 19.7 Å². The third kappa shape index (κ3) is 6.60. The molecule has 0 aromatic heterocycles. The Morgan fingerprint density at radius 2 is 1.90 bits per heavy atom. The van der Waals surface area contributed by atoms with Gasteiger partial charge in [0.15, 0.2) is 6.29 Å². The second kappa shape index (κ2) is 9.41. The first kappa shape index (κ1) is 18.5. The summed E-state index contributed by atoms with van der Waals surface area (Å²) in [6.45, 7) is 6.63. The average Bonchev–Trinajstić information content (AvgIpc) is 2.38. The van der Waals surface area contributed by atoms with Gasteiger partial charge in [-0.3, -0.25) is 14.9 Å². The van der Waals surface area contributed by atoms with Crippen LogP contribution < -0.4 is 5.32 Å². The van der Waals surface area contributed by atoms with Crippen molar-refractivity contribution in [3.05, 3.63) is 10.1 Å². The largest absolute Gasteiger partial charge is 0.365 e. The van der Waals surface area contributed by atoms with Crippen molar-refractivity contribution in [2.45, 2.75) is 58.8 Å². The number of amides is 1. The van der Waals surface area contributed by atoms with Crippen molar-refractivity contribution in [2.24, 2.45) is 5.92 Å². The van der Waals surface area contributed by atoms with Crippen LogP contribution in [0.4, 0.5) is 0 Å². The van der Waals surface area contributed by atoms with Gasteiger partial charge in [0.1, 0.15) is 12.1 Å². The first-order valence-electron chi connectivity index (χ1n) is 6.88. The molecule has 0 spiro atoms. The molecule has 0 bridgehead atoms. The fourth-order valence-corrected chi connectivity index (χ4v) is 1.67. The van der Waals surface area contributed by atoms with Gasteiger partial charge in [-0.25, -0.2) is 0 Å². The fourth-order valence-electron chi connectivity index (χ4n) is 1.67. The first-order valence-corrected chi connectivity index (χ1v) is 6.88. The van der Waals surface area contributed by atoms with Crippen molar-refractivity contribution in [1.82, 2.24) is 5.32 Å². The molecule has 1 N–H and O–H groups in total. The minimum absolute atomic E-state index is 0.157. The second-order valence-electron chi connectivity index (χ2n) is 4.96. The van der Waals surface area contributed by atoms with Crippen LogP contribution in [0.15, 0.2) is 0 Å². The Balaban J connectivity index is 4.90. The molecular formula is C13H24N2O5. The summed E-state index contributed by atoms with van der Waals surface area (Å²) in [5.74, 6) is -0.651. The second-order valence-corrected chi connectivity index (χ2v) is 4.96. The summed E-state index contributed by atoms with van der Waals surface area (Å²) < 4.78 is 5.55. The van der Waals surface area contributed by atoms with E-state index in [1.807, 2.05) is 13.8 Å². The lowest BCUT2D eigenvalue weighted by atomic mass is 10.1. The molecule has 0 rings (SSSR count). The molecule has 0 aliphatic carbocycles. The van der Waals surface area contributed by atoms with Crippen molar-refractivity contribution in [3.8, 4) is 0 Å². The number of nitrogens with zero attached hydrogens (tertiary/aromatic N) is 1. The Hall–Kier alpha value is -1.50. The molecule has 7 heteroatoms. The lowest BCUT2D eigenvalue weighted by Crippen LogP contribution is -2.51. The van der Waals surface area contributed by atoms with Crippen LogP contribution in [0.2, 0.25) is 0 Å². The number of hydrogen-bond acceptors (Lipinski definition) is 5. The van der Waals surface area contributed by atoms with E-state index >= 15 is 0 Å². The lowest BCUT2D eigenvalue weighted by Gasteiger charge is -2.25. The summed E-state index contributed by atoms with van der Waals surface area (Å²) in [7, 11) is 0. The quantitative estimate of drug-likeness (QED) is 0.370. The van der Waals surface area contributed by atoms with Crippen LogP contribution in [0.25, 0.3) is 0 Å². The predicted molar refractivity (Wildman–Crippen MR) is 73.9 cm³/mol. The highest BCUT2D eigenvalue weighted by Gasteiger charge is 2.30. The number of carbonyl (C=O) groups is 2. The summed E-state index contributed by atoms with van der Waals surface area (Å²) in [5.41, 5.74) is 0. The third-order valence-electron chi connectivity index (χ3n) is 2.99. The molecule has 0 aliphatic heterocycles. The smallest absolute Gasteiger partial charge is 0.226 e. The zero-order valence-electron chi connectivity index (χ0n) is 12.5. The van der Waals surface area contributed by atoms with Crippen molar-refractivity contribution in [3.63, 3.8) is 0 Å². The molecule has 0 aromatic rings. The minimum Gasteiger partial charge on any atom is -0.365 e. The molecule has 1 amide bonds. The number of aldehydes is 1. The van der Waals surface area contributed by atoms with Crippen LogP contribution in [0.3, 0.4) is 0 Å². The maximum atomic E-state index is 11.7. The van der Waals surface area contributed by atoms with Crippen molar-refractivity contribution < 1.29 is 19.2 Å². The van der Waals surface area contributed by atoms with Gasteiger partial charge in [-0.15, -0.1) is 0 Å². The summed E-state index contributed by atoms with van der Waals surface area (Å²) in [6, 6.07) is -0.946. The van der Waals surface area contributed by atoms with Crippen molar-refractivity contribution in [1.29, 1.82) is 0 Å². The van der Waals surface area contributed by atoms with Crippen molar-refractivity contribution in [2.75, 3.05) is 6.54 Å². The standard InChI is InChI=1S/C13H24N2O5/c1-5-10(6-2)20-12(8-16)11(7-15(18)19)14-13(17)9(3)4/h8-12H,5-7H2,1-4H3,(H,14,17)/t11-,12-/m1/s1. The number of nitro groups is 1. The van der Waals surface area contributed by atoms with Gasteiger partial charge in [0.05, 0.1) is 6.10 Å². The predicted octanol–water partition coefficient (Wildman–Crippen LogP) is 1.18. The molecule has 0 fully saturated rings. The van der Waals surface area contributed by atoms with Crippen LogP contribution in [-0.2, 0) is 14.3 Å². The molecule has 2 atom stereocenters.